The van der Waals surface area contributed by atoms with Crippen molar-refractivity contribution in [2.24, 2.45) is 5.10 Å². The van der Waals surface area contributed by atoms with Gasteiger partial charge in [0.1, 0.15) is 23.0 Å². The van der Waals surface area contributed by atoms with Gasteiger partial charge >= 0.3 is 0 Å². The van der Waals surface area contributed by atoms with E-state index in [4.69, 9.17) is 9.47 Å². The van der Waals surface area contributed by atoms with Crippen LogP contribution in [0.3, 0.4) is 0 Å². The minimum absolute atomic E-state index is 0.0265. The zero-order valence-corrected chi connectivity index (χ0v) is 14.6. The number of benzene rings is 3. The minimum Gasteiger partial charge on any atom is -0.507 e. The summed E-state index contributed by atoms with van der Waals surface area (Å²) in [6.45, 7) is 0. The van der Waals surface area contributed by atoms with Gasteiger partial charge in [0.15, 0.2) is 0 Å². The highest BCUT2D eigenvalue weighted by Gasteiger charge is 2.19. The molecule has 132 valence electrons. The second-order valence-electron chi connectivity index (χ2n) is 5.53. The quantitative estimate of drug-likeness (QED) is 0.516. The van der Waals surface area contributed by atoms with E-state index < -0.39 is 0 Å². The van der Waals surface area contributed by atoms with E-state index in [1.807, 2.05) is 60.7 Å². The van der Waals surface area contributed by atoms with Crippen LogP contribution in [0.15, 0.2) is 77.9 Å². The Bertz CT molecular complexity index is 894. The van der Waals surface area contributed by atoms with Gasteiger partial charge in [-0.15, -0.1) is 0 Å². The third-order valence-corrected chi connectivity index (χ3v) is 3.87. The molecule has 0 aromatic heterocycles. The van der Waals surface area contributed by atoms with E-state index in [9.17, 15) is 5.11 Å². The molecular formula is C21H20N2O3. The Balaban J connectivity index is 2.13. The van der Waals surface area contributed by atoms with E-state index >= 15 is 0 Å². The Morgan fingerprint density at radius 2 is 1.54 bits per heavy atom. The molecule has 3 aromatic carbocycles. The molecule has 0 unspecified atom stereocenters. The van der Waals surface area contributed by atoms with Crippen LogP contribution >= 0.6 is 0 Å². The average molecular weight is 348 g/mol. The van der Waals surface area contributed by atoms with E-state index in [1.165, 1.54) is 7.11 Å². The number of aromatic hydroxyl groups is 1. The van der Waals surface area contributed by atoms with Crippen LogP contribution in [0.1, 0.15) is 11.1 Å². The van der Waals surface area contributed by atoms with Crippen molar-refractivity contribution in [3.05, 3.63) is 83.9 Å². The van der Waals surface area contributed by atoms with Gasteiger partial charge in [-0.05, 0) is 12.1 Å². The predicted octanol–water partition coefficient (Wildman–Crippen LogP) is 4.27. The lowest BCUT2D eigenvalue weighted by Crippen LogP contribution is -2.09. The molecule has 3 aromatic rings. The van der Waals surface area contributed by atoms with Crippen molar-refractivity contribution in [2.75, 3.05) is 19.6 Å². The van der Waals surface area contributed by atoms with Crippen LogP contribution in [0.25, 0.3) is 0 Å². The zero-order valence-electron chi connectivity index (χ0n) is 14.6. The first kappa shape index (κ1) is 17.4. The number of methoxy groups -OCH3 is 2. The van der Waals surface area contributed by atoms with Crippen LogP contribution in [-0.2, 0) is 0 Å². The second kappa shape index (κ2) is 8.07. The van der Waals surface area contributed by atoms with Gasteiger partial charge in [-0.25, -0.2) is 0 Å². The molecule has 0 spiro atoms. The molecule has 0 aliphatic heterocycles. The summed E-state index contributed by atoms with van der Waals surface area (Å²) in [5.74, 6) is 1.00. The summed E-state index contributed by atoms with van der Waals surface area (Å²) in [5, 5.41) is 15.1. The molecule has 26 heavy (non-hydrogen) atoms. The Kier molecular flexibility index (Phi) is 5.39. The summed E-state index contributed by atoms with van der Waals surface area (Å²) in [6, 6.07) is 22.5. The Hall–Kier alpha value is -3.47. The smallest absolute Gasteiger partial charge is 0.135 e. The third kappa shape index (κ3) is 3.78. The van der Waals surface area contributed by atoms with Crippen molar-refractivity contribution in [3.63, 3.8) is 0 Å². The first-order chi connectivity index (χ1) is 12.7. The molecule has 0 saturated carbocycles. The lowest BCUT2D eigenvalue weighted by molar-refractivity contribution is 0.384. The van der Waals surface area contributed by atoms with Crippen molar-refractivity contribution in [2.45, 2.75) is 0 Å². The number of anilines is 1. The van der Waals surface area contributed by atoms with Crippen LogP contribution in [0.4, 0.5) is 5.69 Å². The van der Waals surface area contributed by atoms with Gasteiger partial charge in [-0.3, -0.25) is 5.43 Å². The molecule has 0 saturated heterocycles. The van der Waals surface area contributed by atoms with Crippen molar-refractivity contribution in [3.8, 4) is 17.2 Å². The van der Waals surface area contributed by atoms with E-state index in [-0.39, 0.29) is 5.75 Å². The van der Waals surface area contributed by atoms with Crippen molar-refractivity contribution in [1.29, 1.82) is 0 Å². The Morgan fingerprint density at radius 3 is 2.15 bits per heavy atom. The van der Waals surface area contributed by atoms with Crippen LogP contribution in [0.2, 0.25) is 0 Å². The van der Waals surface area contributed by atoms with Crippen LogP contribution in [0.5, 0.6) is 17.2 Å². The van der Waals surface area contributed by atoms with E-state index in [0.717, 1.165) is 11.3 Å². The fourth-order valence-electron chi connectivity index (χ4n) is 2.59. The number of ether oxygens (including phenoxy) is 2. The maximum atomic E-state index is 10.6. The number of nitrogens with one attached hydrogen (secondary N) is 1. The number of hydrogen-bond acceptors (Lipinski definition) is 5. The summed E-state index contributed by atoms with van der Waals surface area (Å²) < 4.78 is 10.7. The van der Waals surface area contributed by atoms with E-state index in [0.29, 0.717) is 22.8 Å². The molecule has 0 aliphatic carbocycles. The number of para-hydroxylation sites is 1. The number of rotatable bonds is 6. The van der Waals surface area contributed by atoms with Gasteiger partial charge < -0.3 is 14.6 Å². The predicted molar refractivity (Wildman–Crippen MR) is 103 cm³/mol. The van der Waals surface area contributed by atoms with Crippen LogP contribution in [0, 0.1) is 0 Å². The molecule has 0 aliphatic rings. The average Bonchev–Trinajstić information content (AvgIpc) is 2.70. The lowest BCUT2D eigenvalue weighted by Gasteiger charge is -2.15. The molecule has 0 bridgehead atoms. The molecule has 0 heterocycles. The number of hydrazone groups is 1. The van der Waals surface area contributed by atoms with Gasteiger partial charge in [-0.1, -0.05) is 48.5 Å². The second-order valence-corrected chi connectivity index (χ2v) is 5.53. The maximum Gasteiger partial charge on any atom is 0.135 e. The molecule has 5 nitrogen and oxygen atoms in total. The van der Waals surface area contributed by atoms with E-state index in [2.05, 4.69) is 10.5 Å². The molecule has 0 amide bonds. The van der Waals surface area contributed by atoms with Crippen LogP contribution in [-0.4, -0.2) is 25.0 Å². The summed E-state index contributed by atoms with van der Waals surface area (Å²) in [4.78, 5) is 0. The van der Waals surface area contributed by atoms with Crippen molar-refractivity contribution < 1.29 is 14.6 Å². The molecule has 0 radical (unpaired) electrons. The fourth-order valence-corrected chi connectivity index (χ4v) is 2.59. The minimum atomic E-state index is 0.0265. The maximum absolute atomic E-state index is 10.6. The van der Waals surface area contributed by atoms with E-state index in [1.54, 1.807) is 19.2 Å². The Morgan fingerprint density at radius 1 is 0.885 bits per heavy atom. The topological polar surface area (TPSA) is 63.1 Å². The van der Waals surface area contributed by atoms with Gasteiger partial charge in [0.05, 0.1) is 25.5 Å². The Labute approximate surface area is 152 Å². The van der Waals surface area contributed by atoms with Gasteiger partial charge in [0, 0.05) is 17.7 Å². The van der Waals surface area contributed by atoms with Gasteiger partial charge in [-0.2, -0.15) is 5.10 Å². The highest BCUT2D eigenvalue weighted by atomic mass is 16.5. The molecule has 2 N–H and O–H groups in total. The SMILES string of the molecule is COc1cc(O)c(/C(=N\Nc2ccccc2)c2ccccc2)c(OC)c1. The third-order valence-electron chi connectivity index (χ3n) is 3.87. The monoisotopic (exact) mass is 348 g/mol. The van der Waals surface area contributed by atoms with Gasteiger partial charge in [0.25, 0.3) is 0 Å². The van der Waals surface area contributed by atoms with Crippen molar-refractivity contribution in [1.82, 2.24) is 0 Å². The largest absolute Gasteiger partial charge is 0.507 e. The summed E-state index contributed by atoms with van der Waals surface area (Å²) in [7, 11) is 3.09. The molecular weight excluding hydrogens is 328 g/mol. The highest BCUT2D eigenvalue weighted by Crippen LogP contribution is 2.35. The molecule has 0 fully saturated rings. The van der Waals surface area contributed by atoms with Crippen LogP contribution < -0.4 is 14.9 Å². The number of phenolic OH excluding ortho intramolecular Hbond substituents is 1. The number of nitrogens with zero attached hydrogens (tertiary/aromatic N) is 1. The number of phenols is 1. The molecule has 3 rings (SSSR count). The summed E-state index contributed by atoms with van der Waals surface area (Å²) in [6.07, 6.45) is 0. The summed E-state index contributed by atoms with van der Waals surface area (Å²) >= 11 is 0. The first-order valence-corrected chi connectivity index (χ1v) is 8.12. The lowest BCUT2D eigenvalue weighted by atomic mass is 10.00. The first-order valence-electron chi connectivity index (χ1n) is 8.12. The summed E-state index contributed by atoms with van der Waals surface area (Å²) in [5.41, 5.74) is 5.77. The van der Waals surface area contributed by atoms with Gasteiger partial charge in [0.2, 0.25) is 0 Å². The molecule has 0 atom stereocenters. The highest BCUT2D eigenvalue weighted by molar-refractivity contribution is 6.16. The van der Waals surface area contributed by atoms with Crippen molar-refractivity contribution >= 4 is 11.4 Å². The zero-order chi connectivity index (χ0) is 18.4. The standard InChI is InChI=1S/C21H20N2O3/c1-25-17-13-18(24)20(19(14-17)26-2)21(15-9-5-3-6-10-15)23-22-16-11-7-4-8-12-16/h3-14,22,24H,1-2H3/b23-21-. The molecule has 5 heteroatoms. The number of hydrogen-bond donors (Lipinski definition) is 2. The fraction of sp³-hybridized carbons (Fsp3) is 0.0952. The normalized spacial score (nSPS) is 11.1.